The highest BCUT2D eigenvalue weighted by Gasteiger charge is 2.25. The molecule has 0 saturated heterocycles. The van der Waals surface area contributed by atoms with E-state index in [1.807, 2.05) is 30.3 Å². The third-order valence-corrected chi connectivity index (χ3v) is 5.01. The molecule has 1 N–H and O–H groups in total. The van der Waals surface area contributed by atoms with Crippen molar-refractivity contribution in [3.8, 4) is 17.2 Å². The van der Waals surface area contributed by atoms with Crippen LogP contribution in [0, 0.1) is 5.82 Å². The molecule has 0 fully saturated rings. The number of ether oxygens (including phenoxy) is 1. The lowest BCUT2D eigenvalue weighted by atomic mass is 10.1. The van der Waals surface area contributed by atoms with Crippen LogP contribution in [0.25, 0.3) is 11.5 Å². The summed E-state index contributed by atoms with van der Waals surface area (Å²) in [5, 5.41) is 12.4. The van der Waals surface area contributed by atoms with Gasteiger partial charge in [0, 0.05) is 21.2 Å². The van der Waals surface area contributed by atoms with E-state index < -0.39 is 11.9 Å². The Hall–Kier alpha value is -3.09. The zero-order valence-corrected chi connectivity index (χ0v) is 17.3. The van der Waals surface area contributed by atoms with Crippen molar-refractivity contribution in [1.29, 1.82) is 0 Å². The Kier molecular flexibility index (Phi) is 5.88. The Morgan fingerprint density at radius 1 is 1.00 bits per heavy atom. The summed E-state index contributed by atoms with van der Waals surface area (Å²) in [6.07, 6.45) is 0. The first-order valence-corrected chi connectivity index (χ1v) is 9.74. The fourth-order valence-electron chi connectivity index (χ4n) is 3.01. The highest BCUT2D eigenvalue weighted by atomic mass is 35.5. The number of halogens is 3. The maximum Gasteiger partial charge on any atom is 0.247 e. The van der Waals surface area contributed by atoms with Crippen LogP contribution in [0.5, 0.6) is 5.75 Å². The summed E-state index contributed by atoms with van der Waals surface area (Å²) in [7, 11) is 1.55. The molecule has 0 aliphatic carbocycles. The van der Waals surface area contributed by atoms with E-state index >= 15 is 0 Å². The van der Waals surface area contributed by atoms with Crippen molar-refractivity contribution >= 4 is 28.9 Å². The molecule has 0 amide bonds. The van der Waals surface area contributed by atoms with Crippen LogP contribution in [0.4, 0.5) is 10.1 Å². The zero-order valence-electron chi connectivity index (χ0n) is 15.8. The van der Waals surface area contributed by atoms with Gasteiger partial charge in [-0.3, -0.25) is 0 Å². The molecule has 0 spiro atoms. The average Bonchev–Trinajstić information content (AvgIpc) is 3.23. The Morgan fingerprint density at radius 3 is 2.53 bits per heavy atom. The highest BCUT2D eigenvalue weighted by Crippen LogP contribution is 2.36. The van der Waals surface area contributed by atoms with Crippen LogP contribution in [0.3, 0.4) is 0 Å². The Bertz CT molecular complexity index is 1170. The molecule has 0 aliphatic heterocycles. The van der Waals surface area contributed by atoms with Gasteiger partial charge in [0.2, 0.25) is 11.8 Å². The summed E-state index contributed by atoms with van der Waals surface area (Å²) < 4.78 is 25.0. The molecule has 0 saturated carbocycles. The monoisotopic (exact) mass is 443 g/mol. The van der Waals surface area contributed by atoms with Gasteiger partial charge in [0.25, 0.3) is 0 Å². The van der Waals surface area contributed by atoms with E-state index in [4.69, 9.17) is 32.4 Å². The molecule has 0 aliphatic rings. The molecule has 0 radical (unpaired) electrons. The maximum absolute atomic E-state index is 13.6. The summed E-state index contributed by atoms with van der Waals surface area (Å²) in [6.45, 7) is 0. The van der Waals surface area contributed by atoms with Gasteiger partial charge in [0.15, 0.2) is 0 Å². The zero-order chi connectivity index (χ0) is 21.1. The lowest BCUT2D eigenvalue weighted by Crippen LogP contribution is -2.14. The van der Waals surface area contributed by atoms with Crippen LogP contribution in [0.15, 0.2) is 71.1 Å². The predicted molar refractivity (Wildman–Crippen MR) is 115 cm³/mol. The lowest BCUT2D eigenvalue weighted by molar-refractivity contribution is 0.415. The van der Waals surface area contributed by atoms with E-state index in [-0.39, 0.29) is 10.9 Å². The number of methoxy groups -OCH3 is 1. The molecule has 0 unspecified atom stereocenters. The fourth-order valence-corrected chi connectivity index (χ4v) is 3.45. The van der Waals surface area contributed by atoms with Gasteiger partial charge in [0.05, 0.1) is 12.8 Å². The van der Waals surface area contributed by atoms with Crippen molar-refractivity contribution < 1.29 is 13.5 Å². The van der Waals surface area contributed by atoms with Gasteiger partial charge in [-0.1, -0.05) is 47.5 Å². The molecule has 0 bridgehead atoms. The Labute approximate surface area is 182 Å². The number of benzene rings is 3. The Balaban J connectivity index is 1.79. The smallest absolute Gasteiger partial charge is 0.247 e. The number of rotatable bonds is 6. The molecule has 152 valence electrons. The van der Waals surface area contributed by atoms with Crippen molar-refractivity contribution in [2.75, 3.05) is 12.4 Å². The summed E-state index contributed by atoms with van der Waals surface area (Å²) in [5.74, 6) is 0.724. The summed E-state index contributed by atoms with van der Waals surface area (Å²) in [5.41, 5.74) is 1.93. The first-order valence-electron chi connectivity index (χ1n) is 8.99. The van der Waals surface area contributed by atoms with Gasteiger partial charge >= 0.3 is 0 Å². The third-order valence-electron chi connectivity index (χ3n) is 4.44. The second kappa shape index (κ2) is 8.73. The van der Waals surface area contributed by atoms with Crippen LogP contribution >= 0.6 is 23.2 Å². The quantitative estimate of drug-likeness (QED) is 0.373. The summed E-state index contributed by atoms with van der Waals surface area (Å²) in [6, 6.07) is 18.0. The van der Waals surface area contributed by atoms with Crippen molar-refractivity contribution in [2.45, 2.75) is 6.04 Å². The van der Waals surface area contributed by atoms with Crippen molar-refractivity contribution in [1.82, 2.24) is 10.2 Å². The topological polar surface area (TPSA) is 60.2 Å². The summed E-state index contributed by atoms with van der Waals surface area (Å²) >= 11 is 12.5. The molecule has 4 rings (SSSR count). The normalized spacial score (nSPS) is 11.9. The van der Waals surface area contributed by atoms with Gasteiger partial charge in [-0.2, -0.15) is 0 Å². The van der Waals surface area contributed by atoms with E-state index in [2.05, 4.69) is 15.5 Å². The first kappa shape index (κ1) is 20.2. The van der Waals surface area contributed by atoms with Crippen molar-refractivity contribution in [3.63, 3.8) is 0 Å². The molecular formula is C22H16Cl2FN3O2. The Morgan fingerprint density at radius 2 is 1.80 bits per heavy atom. The van der Waals surface area contributed by atoms with Crippen LogP contribution in [-0.4, -0.2) is 17.3 Å². The van der Waals surface area contributed by atoms with Crippen LogP contribution in [0.1, 0.15) is 17.5 Å². The molecule has 3 aromatic carbocycles. The molecule has 5 nitrogen and oxygen atoms in total. The second-order valence-corrected chi connectivity index (χ2v) is 7.24. The first-order chi connectivity index (χ1) is 14.5. The molecule has 1 atom stereocenters. The van der Waals surface area contributed by atoms with E-state index in [0.717, 1.165) is 5.56 Å². The minimum atomic E-state index is -0.671. The predicted octanol–water partition coefficient (Wildman–Crippen LogP) is 6.39. The number of nitrogens with one attached hydrogen (secondary N) is 1. The number of hydrogen-bond acceptors (Lipinski definition) is 5. The number of hydrogen-bond donors (Lipinski definition) is 1. The molecule has 1 heterocycles. The highest BCUT2D eigenvalue weighted by molar-refractivity contribution is 6.31. The standard InChI is InChI=1S/C22H16Cl2FN3O2/c1-29-19-10-7-14(23)11-18(19)26-20(16-9-8-15(25)12-17(16)24)22-28-27-21(30-22)13-5-3-2-4-6-13/h2-12,20,26H,1H3/t20-/m0/s1. The van der Waals surface area contributed by atoms with Crippen molar-refractivity contribution in [2.24, 2.45) is 0 Å². The number of aromatic nitrogens is 2. The SMILES string of the molecule is COc1ccc(Cl)cc1N[C@H](c1nnc(-c2ccccc2)o1)c1ccc(F)cc1Cl. The molecule has 8 heteroatoms. The van der Waals surface area contributed by atoms with Gasteiger partial charge in [-0.15, -0.1) is 10.2 Å². The van der Waals surface area contributed by atoms with Crippen LogP contribution in [0.2, 0.25) is 10.0 Å². The largest absolute Gasteiger partial charge is 0.495 e. The molecule has 1 aromatic heterocycles. The summed E-state index contributed by atoms with van der Waals surface area (Å²) in [4.78, 5) is 0. The van der Waals surface area contributed by atoms with E-state index in [1.54, 1.807) is 31.4 Å². The van der Waals surface area contributed by atoms with Gasteiger partial charge in [0.1, 0.15) is 17.6 Å². The minimum Gasteiger partial charge on any atom is -0.495 e. The second-order valence-electron chi connectivity index (χ2n) is 6.40. The fraction of sp³-hybridized carbons (Fsp3) is 0.0909. The number of anilines is 1. The van der Waals surface area contributed by atoms with E-state index in [0.29, 0.717) is 27.9 Å². The van der Waals surface area contributed by atoms with Crippen molar-refractivity contribution in [3.05, 3.63) is 94.0 Å². The van der Waals surface area contributed by atoms with Crippen LogP contribution in [-0.2, 0) is 0 Å². The molecule has 4 aromatic rings. The van der Waals surface area contributed by atoms with Gasteiger partial charge < -0.3 is 14.5 Å². The lowest BCUT2D eigenvalue weighted by Gasteiger charge is -2.20. The number of nitrogens with zero attached hydrogens (tertiary/aromatic N) is 2. The maximum atomic E-state index is 13.6. The van der Waals surface area contributed by atoms with E-state index in [1.165, 1.54) is 12.1 Å². The minimum absolute atomic E-state index is 0.216. The molecule has 30 heavy (non-hydrogen) atoms. The van der Waals surface area contributed by atoms with E-state index in [9.17, 15) is 4.39 Å². The van der Waals surface area contributed by atoms with Crippen LogP contribution < -0.4 is 10.1 Å². The molecular weight excluding hydrogens is 428 g/mol. The van der Waals surface area contributed by atoms with Gasteiger partial charge in [-0.05, 0) is 42.5 Å². The average molecular weight is 444 g/mol. The van der Waals surface area contributed by atoms with Gasteiger partial charge in [-0.25, -0.2) is 4.39 Å². The third kappa shape index (κ3) is 4.25.